The smallest absolute Gasteiger partial charge is 0.314 e. The average molecular weight is 222 g/mol. The molecule has 0 spiro atoms. The lowest BCUT2D eigenvalue weighted by Crippen LogP contribution is -2.32. The molecule has 0 aliphatic carbocycles. The fourth-order valence-corrected chi connectivity index (χ4v) is 1.31. The summed E-state index contributed by atoms with van der Waals surface area (Å²) in [6.45, 7) is 5.89. The Morgan fingerprint density at radius 1 is 1.31 bits per heavy atom. The predicted molar refractivity (Wildman–Crippen MR) is 62.5 cm³/mol. The molecule has 0 unspecified atom stereocenters. The highest BCUT2D eigenvalue weighted by Crippen LogP contribution is 2.22. The molecule has 0 heterocycles. The second-order valence-corrected chi connectivity index (χ2v) is 4.43. The molecule has 0 aliphatic rings. The molecule has 0 bridgehead atoms. The summed E-state index contributed by atoms with van der Waals surface area (Å²) in [5, 5.41) is 0. The highest BCUT2D eigenvalue weighted by Gasteiger charge is 2.29. The molecule has 0 fully saturated rings. The maximum atomic E-state index is 11.4. The minimum atomic E-state index is -0.628. The maximum Gasteiger partial charge on any atom is 0.314 e. The first-order chi connectivity index (χ1) is 7.47. The Bertz CT molecular complexity index is 369. The summed E-state index contributed by atoms with van der Waals surface area (Å²) in [7, 11) is 1.39. The SMILES string of the molecule is COC(=O)C(C)(C)COc1ccccc1C. The van der Waals surface area contributed by atoms with Gasteiger partial charge in [-0.1, -0.05) is 18.2 Å². The fourth-order valence-electron chi connectivity index (χ4n) is 1.31. The van der Waals surface area contributed by atoms with Gasteiger partial charge in [0.15, 0.2) is 0 Å². The summed E-state index contributed by atoms with van der Waals surface area (Å²) < 4.78 is 10.3. The lowest BCUT2D eigenvalue weighted by molar-refractivity contribution is -0.152. The Morgan fingerprint density at radius 2 is 1.94 bits per heavy atom. The third-order valence-corrected chi connectivity index (χ3v) is 2.42. The molecule has 88 valence electrons. The van der Waals surface area contributed by atoms with Crippen LogP contribution < -0.4 is 4.74 Å². The van der Waals surface area contributed by atoms with E-state index in [1.807, 2.05) is 31.2 Å². The van der Waals surface area contributed by atoms with Crippen molar-refractivity contribution in [1.29, 1.82) is 0 Å². The van der Waals surface area contributed by atoms with Gasteiger partial charge in [-0.05, 0) is 32.4 Å². The molecule has 1 aromatic carbocycles. The van der Waals surface area contributed by atoms with Gasteiger partial charge >= 0.3 is 5.97 Å². The number of para-hydroxylation sites is 1. The van der Waals surface area contributed by atoms with E-state index < -0.39 is 5.41 Å². The van der Waals surface area contributed by atoms with Crippen LogP contribution in [0, 0.1) is 12.3 Å². The standard InChI is InChI=1S/C13H18O3/c1-10-7-5-6-8-11(10)16-9-13(2,3)12(14)15-4/h5-8H,9H2,1-4H3. The van der Waals surface area contributed by atoms with Crippen LogP contribution in [0.15, 0.2) is 24.3 Å². The van der Waals surface area contributed by atoms with Crippen LogP contribution in [0.3, 0.4) is 0 Å². The Morgan fingerprint density at radius 3 is 2.50 bits per heavy atom. The molecule has 3 heteroatoms. The van der Waals surface area contributed by atoms with Gasteiger partial charge in [0, 0.05) is 0 Å². The quantitative estimate of drug-likeness (QED) is 0.734. The van der Waals surface area contributed by atoms with E-state index in [2.05, 4.69) is 0 Å². The molecule has 0 saturated carbocycles. The normalized spacial score (nSPS) is 11.0. The van der Waals surface area contributed by atoms with E-state index in [0.717, 1.165) is 11.3 Å². The number of ether oxygens (including phenoxy) is 2. The number of methoxy groups -OCH3 is 1. The summed E-state index contributed by atoms with van der Waals surface area (Å²) in [5.74, 6) is 0.542. The summed E-state index contributed by atoms with van der Waals surface area (Å²) in [5.41, 5.74) is 0.431. The number of carbonyl (C=O) groups is 1. The van der Waals surface area contributed by atoms with Gasteiger partial charge in [0.05, 0.1) is 12.5 Å². The zero-order valence-corrected chi connectivity index (χ0v) is 10.2. The van der Waals surface area contributed by atoms with E-state index in [0.29, 0.717) is 6.61 Å². The highest BCUT2D eigenvalue weighted by molar-refractivity contribution is 5.75. The number of esters is 1. The lowest BCUT2D eigenvalue weighted by atomic mass is 9.95. The Balaban J connectivity index is 2.65. The Labute approximate surface area is 96.4 Å². The van der Waals surface area contributed by atoms with Crippen molar-refractivity contribution in [3.8, 4) is 5.75 Å². The van der Waals surface area contributed by atoms with Gasteiger partial charge in [-0.25, -0.2) is 0 Å². The first-order valence-corrected chi connectivity index (χ1v) is 5.24. The van der Waals surface area contributed by atoms with Gasteiger partial charge in [0.25, 0.3) is 0 Å². The zero-order valence-electron chi connectivity index (χ0n) is 10.2. The zero-order chi connectivity index (χ0) is 12.2. The van der Waals surface area contributed by atoms with E-state index in [-0.39, 0.29) is 5.97 Å². The van der Waals surface area contributed by atoms with Gasteiger partial charge in [0.2, 0.25) is 0 Å². The van der Waals surface area contributed by atoms with Crippen LogP contribution in [-0.2, 0) is 9.53 Å². The third kappa shape index (κ3) is 2.99. The molecule has 0 atom stereocenters. The van der Waals surface area contributed by atoms with Gasteiger partial charge in [-0.3, -0.25) is 4.79 Å². The first kappa shape index (κ1) is 12.6. The number of aryl methyl sites for hydroxylation is 1. The molecule has 1 rings (SSSR count). The first-order valence-electron chi connectivity index (χ1n) is 5.24. The van der Waals surface area contributed by atoms with E-state index >= 15 is 0 Å². The van der Waals surface area contributed by atoms with Gasteiger partial charge in [-0.15, -0.1) is 0 Å². The van der Waals surface area contributed by atoms with E-state index in [4.69, 9.17) is 9.47 Å². The van der Waals surface area contributed by atoms with Crippen LogP contribution in [0.1, 0.15) is 19.4 Å². The molecule has 0 amide bonds. The van der Waals surface area contributed by atoms with Crippen LogP contribution in [0.25, 0.3) is 0 Å². The number of benzene rings is 1. The molecule has 0 N–H and O–H groups in total. The molecule has 0 aromatic heterocycles. The summed E-state index contributed by atoms with van der Waals surface area (Å²) in [6.07, 6.45) is 0. The highest BCUT2D eigenvalue weighted by atomic mass is 16.5. The molecule has 16 heavy (non-hydrogen) atoms. The van der Waals surface area contributed by atoms with Crippen LogP contribution in [0.2, 0.25) is 0 Å². The second kappa shape index (κ2) is 5.01. The molecule has 0 radical (unpaired) electrons. The largest absolute Gasteiger partial charge is 0.492 e. The molecule has 0 saturated heterocycles. The van der Waals surface area contributed by atoms with Crippen molar-refractivity contribution in [2.24, 2.45) is 5.41 Å². The predicted octanol–water partition coefficient (Wildman–Crippen LogP) is 2.57. The van der Waals surface area contributed by atoms with E-state index in [9.17, 15) is 4.79 Å². The number of hydrogen-bond donors (Lipinski definition) is 0. The Hall–Kier alpha value is -1.51. The minimum absolute atomic E-state index is 0.263. The van der Waals surface area contributed by atoms with Crippen molar-refractivity contribution >= 4 is 5.97 Å². The summed E-state index contributed by atoms with van der Waals surface area (Å²) in [6, 6.07) is 7.73. The molecular weight excluding hydrogens is 204 g/mol. The number of carbonyl (C=O) groups excluding carboxylic acids is 1. The topological polar surface area (TPSA) is 35.5 Å². The van der Waals surface area contributed by atoms with Gasteiger partial charge in [-0.2, -0.15) is 0 Å². The van der Waals surface area contributed by atoms with Crippen LogP contribution >= 0.6 is 0 Å². The van der Waals surface area contributed by atoms with Crippen molar-refractivity contribution in [2.45, 2.75) is 20.8 Å². The van der Waals surface area contributed by atoms with Crippen LogP contribution in [0.5, 0.6) is 5.75 Å². The second-order valence-electron chi connectivity index (χ2n) is 4.43. The maximum absolute atomic E-state index is 11.4. The van der Waals surface area contributed by atoms with Gasteiger partial charge in [0.1, 0.15) is 12.4 Å². The Kier molecular flexibility index (Phi) is 3.93. The summed E-state index contributed by atoms with van der Waals surface area (Å²) in [4.78, 5) is 11.4. The number of hydrogen-bond acceptors (Lipinski definition) is 3. The fraction of sp³-hybridized carbons (Fsp3) is 0.462. The van der Waals surface area contributed by atoms with Crippen LogP contribution in [-0.4, -0.2) is 19.7 Å². The molecule has 3 nitrogen and oxygen atoms in total. The monoisotopic (exact) mass is 222 g/mol. The van der Waals surface area contributed by atoms with Crippen LogP contribution in [0.4, 0.5) is 0 Å². The average Bonchev–Trinajstić information content (AvgIpc) is 2.27. The minimum Gasteiger partial charge on any atom is -0.492 e. The van der Waals surface area contributed by atoms with E-state index in [1.54, 1.807) is 13.8 Å². The molecular formula is C13H18O3. The summed E-state index contributed by atoms with van der Waals surface area (Å²) >= 11 is 0. The van der Waals surface area contributed by atoms with Crippen molar-refractivity contribution in [1.82, 2.24) is 0 Å². The van der Waals surface area contributed by atoms with Gasteiger partial charge < -0.3 is 9.47 Å². The molecule has 0 aliphatic heterocycles. The van der Waals surface area contributed by atoms with Crippen molar-refractivity contribution < 1.29 is 14.3 Å². The lowest BCUT2D eigenvalue weighted by Gasteiger charge is -2.22. The van der Waals surface area contributed by atoms with Crippen molar-refractivity contribution in [3.05, 3.63) is 29.8 Å². The molecule has 1 aromatic rings. The number of rotatable bonds is 4. The van der Waals surface area contributed by atoms with E-state index in [1.165, 1.54) is 7.11 Å². The third-order valence-electron chi connectivity index (χ3n) is 2.42. The van der Waals surface area contributed by atoms with Crippen molar-refractivity contribution in [3.63, 3.8) is 0 Å². The van der Waals surface area contributed by atoms with Crippen molar-refractivity contribution in [2.75, 3.05) is 13.7 Å².